The van der Waals surface area contributed by atoms with E-state index in [9.17, 15) is 9.18 Å². The van der Waals surface area contributed by atoms with E-state index in [1.807, 2.05) is 0 Å². The van der Waals surface area contributed by atoms with Crippen LogP contribution in [0.1, 0.15) is 56.6 Å². The fraction of sp³-hybridized carbons (Fsp3) is 0.652. The average molecular weight is 417 g/mol. The van der Waals surface area contributed by atoms with E-state index >= 15 is 0 Å². The van der Waals surface area contributed by atoms with E-state index in [0.29, 0.717) is 17.5 Å². The number of nitrogens with zero attached hydrogens (tertiary/aromatic N) is 3. The Kier molecular flexibility index (Phi) is 6.56. The van der Waals surface area contributed by atoms with E-state index in [-0.39, 0.29) is 11.8 Å². The molecule has 1 aromatic heterocycles. The van der Waals surface area contributed by atoms with E-state index in [1.54, 1.807) is 25.1 Å². The van der Waals surface area contributed by atoms with E-state index < -0.39 is 0 Å². The number of hydrogen-bond acceptors (Lipinski definition) is 4. The van der Waals surface area contributed by atoms with E-state index in [0.717, 1.165) is 62.3 Å². The molecule has 1 saturated heterocycles. The molecule has 0 atom stereocenters. The first-order valence-electron chi connectivity index (χ1n) is 11.2. The third-order valence-corrected chi connectivity index (χ3v) is 6.87. The van der Waals surface area contributed by atoms with Crippen molar-refractivity contribution in [1.29, 1.82) is 0 Å². The summed E-state index contributed by atoms with van der Waals surface area (Å²) < 4.78 is 18.7. The fourth-order valence-electron chi connectivity index (χ4n) is 4.92. The number of amides is 2. The summed E-state index contributed by atoms with van der Waals surface area (Å²) >= 11 is 0. The molecule has 164 valence electrons. The highest BCUT2D eigenvalue weighted by Crippen LogP contribution is 2.33. The molecule has 1 aliphatic heterocycles. The molecule has 2 amide bonds. The van der Waals surface area contributed by atoms with Gasteiger partial charge in [-0.15, -0.1) is 0 Å². The minimum atomic E-state index is -0.283. The lowest BCUT2D eigenvalue weighted by Gasteiger charge is -2.34. The van der Waals surface area contributed by atoms with Gasteiger partial charge in [-0.1, -0.05) is 5.16 Å². The third kappa shape index (κ3) is 4.94. The van der Waals surface area contributed by atoms with Gasteiger partial charge in [0.15, 0.2) is 5.58 Å². The summed E-state index contributed by atoms with van der Waals surface area (Å²) in [6.45, 7) is 3.31. The molecular weight excluding hydrogens is 383 g/mol. The maximum absolute atomic E-state index is 13.4. The highest BCUT2D eigenvalue weighted by molar-refractivity contribution is 5.79. The van der Waals surface area contributed by atoms with Crippen molar-refractivity contribution in [3.63, 3.8) is 0 Å². The molecule has 1 N–H and O–H groups in total. The summed E-state index contributed by atoms with van der Waals surface area (Å²) in [4.78, 5) is 16.0. The number of aromatic nitrogens is 1. The Hall–Kier alpha value is -2.15. The van der Waals surface area contributed by atoms with Crippen LogP contribution in [0.25, 0.3) is 11.0 Å². The topological polar surface area (TPSA) is 61.6 Å². The second-order valence-electron chi connectivity index (χ2n) is 9.17. The molecule has 2 heterocycles. The Morgan fingerprint density at radius 2 is 1.93 bits per heavy atom. The number of rotatable bonds is 5. The zero-order valence-corrected chi connectivity index (χ0v) is 18.1. The van der Waals surface area contributed by atoms with Crippen molar-refractivity contribution in [2.75, 3.05) is 33.7 Å². The summed E-state index contributed by atoms with van der Waals surface area (Å²) in [6, 6.07) is 5.05. The zero-order chi connectivity index (χ0) is 21.1. The van der Waals surface area contributed by atoms with Crippen molar-refractivity contribution < 1.29 is 13.7 Å². The van der Waals surface area contributed by atoms with Crippen LogP contribution in [0.2, 0.25) is 0 Å². The van der Waals surface area contributed by atoms with Crippen LogP contribution in [0.5, 0.6) is 0 Å². The van der Waals surface area contributed by atoms with Crippen molar-refractivity contribution in [3.8, 4) is 0 Å². The van der Waals surface area contributed by atoms with E-state index in [4.69, 9.17) is 4.52 Å². The van der Waals surface area contributed by atoms with Gasteiger partial charge in [0.2, 0.25) is 0 Å². The molecule has 1 aromatic carbocycles. The van der Waals surface area contributed by atoms with Gasteiger partial charge < -0.3 is 19.6 Å². The number of likely N-dealkylation sites (tertiary alicyclic amines) is 1. The first-order chi connectivity index (χ1) is 14.5. The molecule has 0 spiro atoms. The number of fused-ring (bicyclic) bond motifs is 1. The third-order valence-electron chi connectivity index (χ3n) is 6.87. The second kappa shape index (κ2) is 9.33. The predicted molar refractivity (Wildman–Crippen MR) is 115 cm³/mol. The van der Waals surface area contributed by atoms with Crippen LogP contribution in [0.4, 0.5) is 9.18 Å². The van der Waals surface area contributed by atoms with Crippen molar-refractivity contribution >= 4 is 17.0 Å². The lowest BCUT2D eigenvalue weighted by molar-refractivity contribution is 0.178. The van der Waals surface area contributed by atoms with Crippen LogP contribution in [-0.2, 0) is 0 Å². The number of halogens is 1. The van der Waals surface area contributed by atoms with Gasteiger partial charge in [0, 0.05) is 37.5 Å². The predicted octanol–water partition coefficient (Wildman–Crippen LogP) is 4.37. The summed E-state index contributed by atoms with van der Waals surface area (Å²) in [5.41, 5.74) is 1.53. The number of nitrogens with one attached hydrogen (secondary N) is 1. The maximum Gasteiger partial charge on any atom is 0.317 e. The molecule has 6 nitrogen and oxygen atoms in total. The van der Waals surface area contributed by atoms with E-state index in [1.165, 1.54) is 31.4 Å². The first-order valence-corrected chi connectivity index (χ1v) is 11.2. The van der Waals surface area contributed by atoms with Crippen LogP contribution in [0.3, 0.4) is 0 Å². The van der Waals surface area contributed by atoms with Crippen LogP contribution >= 0.6 is 0 Å². The quantitative estimate of drug-likeness (QED) is 0.786. The highest BCUT2D eigenvalue weighted by atomic mass is 19.1. The number of piperidine rings is 1. The van der Waals surface area contributed by atoms with Crippen LogP contribution in [-0.4, -0.2) is 60.8 Å². The largest absolute Gasteiger partial charge is 0.356 e. The molecule has 2 aliphatic rings. The minimum Gasteiger partial charge on any atom is -0.356 e. The highest BCUT2D eigenvalue weighted by Gasteiger charge is 2.27. The normalized spacial score (nSPS) is 23.6. The summed E-state index contributed by atoms with van der Waals surface area (Å²) in [5.74, 6) is 0.877. The first kappa shape index (κ1) is 21.1. The molecular formula is C23H33FN4O2. The molecule has 1 saturated carbocycles. The summed E-state index contributed by atoms with van der Waals surface area (Å²) in [7, 11) is 3.57. The van der Waals surface area contributed by atoms with Crippen LogP contribution < -0.4 is 5.32 Å². The van der Waals surface area contributed by atoms with Gasteiger partial charge in [0.1, 0.15) is 5.82 Å². The van der Waals surface area contributed by atoms with Gasteiger partial charge in [-0.05, 0) is 82.6 Å². The average Bonchev–Trinajstić information content (AvgIpc) is 3.16. The lowest BCUT2D eigenvalue weighted by atomic mass is 9.83. The molecule has 0 bridgehead atoms. The fourth-order valence-corrected chi connectivity index (χ4v) is 4.92. The van der Waals surface area contributed by atoms with Crippen LogP contribution in [0.15, 0.2) is 22.7 Å². The Morgan fingerprint density at radius 3 is 2.63 bits per heavy atom. The summed E-state index contributed by atoms with van der Waals surface area (Å²) in [6.07, 6.45) is 7.97. The Balaban J connectivity index is 1.19. The molecule has 0 unspecified atom stereocenters. The second-order valence-corrected chi connectivity index (χ2v) is 9.17. The van der Waals surface area contributed by atoms with E-state index in [2.05, 4.69) is 15.4 Å². The van der Waals surface area contributed by atoms with Gasteiger partial charge in [-0.2, -0.15) is 0 Å². The van der Waals surface area contributed by atoms with Crippen molar-refractivity contribution in [3.05, 3.63) is 29.7 Å². The van der Waals surface area contributed by atoms with Crippen molar-refractivity contribution in [1.82, 2.24) is 20.3 Å². The number of carbonyl (C=O) groups excluding carboxylic acids is 1. The Labute approximate surface area is 177 Å². The SMILES string of the molecule is CN(C)C(=O)N[C@H]1CC[C@H](CCN2CCC(c3noc4cc(F)ccc34)CC2)CC1. The number of benzene rings is 1. The molecule has 0 radical (unpaired) electrons. The van der Waals surface area contributed by atoms with Gasteiger partial charge in [0.05, 0.1) is 5.69 Å². The number of carbonyl (C=O) groups is 1. The molecule has 30 heavy (non-hydrogen) atoms. The van der Waals surface area contributed by atoms with Gasteiger partial charge in [-0.25, -0.2) is 9.18 Å². The number of hydrogen-bond donors (Lipinski definition) is 1. The van der Waals surface area contributed by atoms with Gasteiger partial charge >= 0.3 is 6.03 Å². The van der Waals surface area contributed by atoms with Crippen LogP contribution in [0, 0.1) is 11.7 Å². The molecule has 1 aliphatic carbocycles. The van der Waals surface area contributed by atoms with Crippen molar-refractivity contribution in [2.24, 2.45) is 5.92 Å². The zero-order valence-electron chi connectivity index (χ0n) is 18.1. The molecule has 2 fully saturated rings. The van der Waals surface area contributed by atoms with Gasteiger partial charge in [-0.3, -0.25) is 0 Å². The monoisotopic (exact) mass is 416 g/mol. The minimum absolute atomic E-state index is 0.0198. The summed E-state index contributed by atoms with van der Waals surface area (Å²) in [5, 5.41) is 8.32. The Morgan fingerprint density at radius 1 is 1.20 bits per heavy atom. The Bertz CT molecular complexity index is 852. The van der Waals surface area contributed by atoms with Gasteiger partial charge in [0.25, 0.3) is 0 Å². The molecule has 7 heteroatoms. The molecule has 2 aromatic rings. The maximum atomic E-state index is 13.4. The number of urea groups is 1. The molecule has 4 rings (SSSR count). The standard InChI is InChI=1S/C23H33FN4O2/c1-27(2)23(29)25-19-6-3-16(4-7-19)9-12-28-13-10-17(11-14-28)22-20-8-5-18(24)15-21(20)30-26-22/h5,8,15-17,19H,3-4,6-7,9-14H2,1-2H3,(H,25,29)/t16-,19-. The lowest BCUT2D eigenvalue weighted by Crippen LogP contribution is -2.43. The smallest absolute Gasteiger partial charge is 0.317 e. The van der Waals surface area contributed by atoms with Crippen molar-refractivity contribution in [2.45, 2.75) is 56.9 Å².